The van der Waals surface area contributed by atoms with E-state index in [0.29, 0.717) is 15.1 Å². The number of amidine groups is 1. The lowest BCUT2D eigenvalue weighted by molar-refractivity contribution is -0.115. The molecular weight excluding hydrogens is 324 g/mol. The van der Waals surface area contributed by atoms with Gasteiger partial charge in [-0.25, -0.2) is 4.99 Å². The maximum absolute atomic E-state index is 11.9. The molecule has 3 nitrogen and oxygen atoms in total. The molecule has 1 N–H and O–H groups in total. The number of halogens is 1. The second-order valence-corrected chi connectivity index (χ2v) is 7.19. The van der Waals surface area contributed by atoms with Gasteiger partial charge in [0.25, 0.3) is 5.91 Å². The van der Waals surface area contributed by atoms with Crippen LogP contribution in [0.2, 0.25) is 5.02 Å². The second kappa shape index (κ2) is 6.05. The zero-order chi connectivity index (χ0) is 14.8. The number of hydrogen-bond acceptors (Lipinski definition) is 4. The molecule has 0 bridgehead atoms. The molecule has 1 saturated heterocycles. The van der Waals surface area contributed by atoms with E-state index in [1.165, 1.54) is 16.6 Å². The molecule has 0 radical (unpaired) electrons. The number of carbonyl (C=O) groups excluding carboxylic acids is 1. The van der Waals surface area contributed by atoms with Crippen LogP contribution in [0.25, 0.3) is 6.08 Å². The second-order valence-electron chi connectivity index (χ2n) is 4.41. The van der Waals surface area contributed by atoms with Crippen molar-refractivity contribution in [3.8, 4) is 0 Å². The van der Waals surface area contributed by atoms with E-state index in [4.69, 9.17) is 11.6 Å². The molecule has 1 amide bonds. The molecule has 1 fully saturated rings. The largest absolute Gasteiger partial charge is 0.300 e. The van der Waals surface area contributed by atoms with Gasteiger partial charge in [-0.05, 0) is 61.2 Å². The van der Waals surface area contributed by atoms with Gasteiger partial charge < -0.3 is 5.32 Å². The van der Waals surface area contributed by atoms with E-state index in [0.717, 1.165) is 10.6 Å². The summed E-state index contributed by atoms with van der Waals surface area (Å²) in [5.41, 5.74) is 0.760. The molecule has 0 aliphatic carbocycles. The predicted molar refractivity (Wildman–Crippen MR) is 91.3 cm³/mol. The monoisotopic (exact) mass is 334 g/mol. The first-order valence-corrected chi connectivity index (χ1v) is 8.23. The Morgan fingerprint density at radius 3 is 2.62 bits per heavy atom. The van der Waals surface area contributed by atoms with Crippen molar-refractivity contribution in [2.45, 2.75) is 6.92 Å². The first kappa shape index (κ1) is 14.4. The number of thiophene rings is 1. The number of aliphatic imine (C=N–C) groups is 1. The molecule has 1 aliphatic heterocycles. The zero-order valence-corrected chi connectivity index (χ0v) is 13.5. The van der Waals surface area contributed by atoms with Crippen LogP contribution >= 0.6 is 34.7 Å². The molecule has 1 aromatic heterocycles. The van der Waals surface area contributed by atoms with Crippen LogP contribution in [0.4, 0.5) is 5.69 Å². The minimum atomic E-state index is -0.112. The lowest BCUT2D eigenvalue weighted by atomic mass is 10.3. The van der Waals surface area contributed by atoms with Crippen molar-refractivity contribution in [2.24, 2.45) is 4.99 Å². The van der Waals surface area contributed by atoms with Crippen LogP contribution < -0.4 is 5.32 Å². The number of nitrogens with one attached hydrogen (secondary N) is 1. The summed E-state index contributed by atoms with van der Waals surface area (Å²) in [6.07, 6.45) is 1.89. The average Bonchev–Trinajstić information content (AvgIpc) is 3.00. The Balaban J connectivity index is 1.81. The number of carbonyl (C=O) groups is 1. The topological polar surface area (TPSA) is 41.5 Å². The molecule has 106 valence electrons. The number of benzene rings is 1. The predicted octanol–water partition coefficient (Wildman–Crippen LogP) is 4.60. The molecule has 1 aromatic carbocycles. The van der Waals surface area contributed by atoms with Crippen molar-refractivity contribution < 1.29 is 4.79 Å². The summed E-state index contributed by atoms with van der Waals surface area (Å²) in [5.74, 6) is -0.112. The number of amides is 1. The first-order valence-electron chi connectivity index (χ1n) is 6.22. The SMILES string of the molecule is Cc1ccc(/C=C2/SC(=Nc3ccc(Cl)cc3)NC2=O)s1. The highest BCUT2D eigenvalue weighted by molar-refractivity contribution is 8.18. The smallest absolute Gasteiger partial charge is 0.264 e. The number of hydrogen-bond donors (Lipinski definition) is 1. The van der Waals surface area contributed by atoms with Gasteiger partial charge in [0.05, 0.1) is 10.6 Å². The lowest BCUT2D eigenvalue weighted by Crippen LogP contribution is -2.19. The van der Waals surface area contributed by atoms with Gasteiger partial charge in [0.1, 0.15) is 0 Å². The van der Waals surface area contributed by atoms with Crippen molar-refractivity contribution in [3.05, 3.63) is 56.1 Å². The fraction of sp³-hybridized carbons (Fsp3) is 0.0667. The number of nitrogens with zero attached hydrogens (tertiary/aromatic N) is 1. The highest BCUT2D eigenvalue weighted by Gasteiger charge is 2.23. The van der Waals surface area contributed by atoms with Crippen LogP contribution in [0.5, 0.6) is 0 Å². The Morgan fingerprint density at radius 2 is 1.95 bits per heavy atom. The molecule has 6 heteroatoms. The van der Waals surface area contributed by atoms with E-state index < -0.39 is 0 Å². The summed E-state index contributed by atoms with van der Waals surface area (Å²) in [5, 5.41) is 4.02. The maximum Gasteiger partial charge on any atom is 0.264 e. The van der Waals surface area contributed by atoms with Gasteiger partial charge >= 0.3 is 0 Å². The Morgan fingerprint density at radius 1 is 1.19 bits per heavy atom. The quantitative estimate of drug-likeness (QED) is 0.815. The van der Waals surface area contributed by atoms with Crippen LogP contribution in [-0.2, 0) is 4.79 Å². The average molecular weight is 335 g/mol. The van der Waals surface area contributed by atoms with Gasteiger partial charge in [0.15, 0.2) is 5.17 Å². The van der Waals surface area contributed by atoms with E-state index in [9.17, 15) is 4.79 Å². The van der Waals surface area contributed by atoms with Gasteiger partial charge in [-0.1, -0.05) is 11.6 Å². The van der Waals surface area contributed by atoms with Gasteiger partial charge in [-0.3, -0.25) is 4.79 Å². The maximum atomic E-state index is 11.9. The molecule has 2 aromatic rings. The third kappa shape index (κ3) is 3.56. The van der Waals surface area contributed by atoms with Crippen molar-refractivity contribution in [1.82, 2.24) is 5.32 Å². The van der Waals surface area contributed by atoms with Crippen molar-refractivity contribution >= 4 is 57.5 Å². The van der Waals surface area contributed by atoms with Crippen LogP contribution in [0.3, 0.4) is 0 Å². The molecule has 1 aliphatic rings. The highest BCUT2D eigenvalue weighted by atomic mass is 35.5. The first-order chi connectivity index (χ1) is 10.1. The van der Waals surface area contributed by atoms with Crippen molar-refractivity contribution in [3.63, 3.8) is 0 Å². The normalized spacial score (nSPS) is 18.5. The van der Waals surface area contributed by atoms with Gasteiger partial charge in [0.2, 0.25) is 0 Å². The summed E-state index contributed by atoms with van der Waals surface area (Å²) >= 11 is 8.84. The molecule has 0 atom stereocenters. The molecule has 2 heterocycles. The molecule has 0 spiro atoms. The number of aryl methyl sites for hydroxylation is 1. The summed E-state index contributed by atoms with van der Waals surface area (Å²) in [6.45, 7) is 2.04. The molecule has 21 heavy (non-hydrogen) atoms. The molecule has 3 rings (SSSR count). The Kier molecular flexibility index (Phi) is 4.14. The zero-order valence-electron chi connectivity index (χ0n) is 11.1. The number of rotatable bonds is 2. The fourth-order valence-corrected chi connectivity index (χ4v) is 3.63. The van der Waals surface area contributed by atoms with Crippen LogP contribution in [0.15, 0.2) is 46.3 Å². The third-order valence-corrected chi connectivity index (χ3v) is 4.85. The third-order valence-electron chi connectivity index (χ3n) is 2.74. The summed E-state index contributed by atoms with van der Waals surface area (Å²) in [7, 11) is 0. The summed E-state index contributed by atoms with van der Waals surface area (Å²) in [6, 6.07) is 11.2. The van der Waals surface area contributed by atoms with Crippen LogP contribution in [0.1, 0.15) is 9.75 Å². The molecular formula is C15H11ClN2OS2. The van der Waals surface area contributed by atoms with Crippen molar-refractivity contribution in [2.75, 3.05) is 0 Å². The Labute approximate surface area is 135 Å². The molecule has 0 saturated carbocycles. The minimum absolute atomic E-state index is 0.112. The minimum Gasteiger partial charge on any atom is -0.300 e. The highest BCUT2D eigenvalue weighted by Crippen LogP contribution is 2.30. The van der Waals surface area contributed by atoms with Gasteiger partial charge in [0, 0.05) is 14.8 Å². The standard InChI is InChI=1S/C15H11ClN2OS2/c1-9-2-7-12(20-9)8-13-14(19)18-15(21-13)17-11-5-3-10(16)4-6-11/h2-8H,1H3,(H,17,18,19)/b13-8+. The van der Waals surface area contributed by atoms with Crippen LogP contribution in [0, 0.1) is 6.92 Å². The van der Waals surface area contributed by atoms with E-state index in [-0.39, 0.29) is 5.91 Å². The van der Waals surface area contributed by atoms with Gasteiger partial charge in [-0.2, -0.15) is 0 Å². The van der Waals surface area contributed by atoms with E-state index in [2.05, 4.69) is 10.3 Å². The van der Waals surface area contributed by atoms with E-state index in [1.54, 1.807) is 23.5 Å². The Bertz CT molecular complexity index is 747. The summed E-state index contributed by atoms with van der Waals surface area (Å²) in [4.78, 5) is 19.3. The van der Waals surface area contributed by atoms with Crippen molar-refractivity contribution in [1.29, 1.82) is 0 Å². The van der Waals surface area contributed by atoms with E-state index in [1.807, 2.05) is 37.3 Å². The Hall–Kier alpha value is -1.56. The lowest BCUT2D eigenvalue weighted by Gasteiger charge is -1.96. The fourth-order valence-electron chi connectivity index (χ4n) is 1.77. The number of thioether (sulfide) groups is 1. The van der Waals surface area contributed by atoms with E-state index >= 15 is 0 Å². The summed E-state index contributed by atoms with van der Waals surface area (Å²) < 4.78 is 0. The molecule has 0 unspecified atom stereocenters. The van der Waals surface area contributed by atoms with Crippen LogP contribution in [-0.4, -0.2) is 11.1 Å². The van der Waals surface area contributed by atoms with Gasteiger partial charge in [-0.15, -0.1) is 11.3 Å².